The molecular weight excluding hydrogens is 278 g/mol. The molecule has 1 aliphatic carbocycles. The highest BCUT2D eigenvalue weighted by molar-refractivity contribution is 6.05. The molecule has 0 heterocycles. The van der Waals surface area contributed by atoms with Crippen molar-refractivity contribution in [2.45, 2.75) is 12.8 Å². The molecule has 1 aliphatic rings. The van der Waals surface area contributed by atoms with Gasteiger partial charge in [-0.25, -0.2) is 0 Å². The lowest BCUT2D eigenvalue weighted by atomic mass is 10.1. The maximum absolute atomic E-state index is 5.38. The second-order valence-electron chi connectivity index (χ2n) is 5.10. The van der Waals surface area contributed by atoms with Gasteiger partial charge in [0.05, 0.1) is 27.0 Å². The molecule has 0 atom stereocenters. The average Bonchev–Trinajstić information content (AvgIpc) is 2.97. The van der Waals surface area contributed by atoms with Gasteiger partial charge in [0.15, 0.2) is 11.5 Å². The number of hydrogen-bond donors (Lipinski definition) is 0. The van der Waals surface area contributed by atoms with Gasteiger partial charge in [-0.1, -0.05) is 24.3 Å². The van der Waals surface area contributed by atoms with Gasteiger partial charge >= 0.3 is 0 Å². The van der Waals surface area contributed by atoms with E-state index in [-0.39, 0.29) is 0 Å². The molecule has 114 valence electrons. The molecule has 3 rings (SSSR count). The van der Waals surface area contributed by atoms with E-state index in [1.54, 1.807) is 21.3 Å². The van der Waals surface area contributed by atoms with Gasteiger partial charge in [-0.3, -0.25) is 4.99 Å². The van der Waals surface area contributed by atoms with Crippen LogP contribution in [-0.4, -0.2) is 27.0 Å². The molecule has 0 saturated heterocycles. The molecule has 0 saturated carbocycles. The largest absolute Gasteiger partial charge is 0.493 e. The zero-order valence-corrected chi connectivity index (χ0v) is 13.1. The quantitative estimate of drug-likeness (QED) is 0.862. The Balaban J connectivity index is 2.05. The number of nitrogens with zero attached hydrogens (tertiary/aromatic N) is 1. The Labute approximate surface area is 130 Å². The maximum atomic E-state index is 5.38. The summed E-state index contributed by atoms with van der Waals surface area (Å²) in [5.74, 6) is 1.82. The van der Waals surface area contributed by atoms with Crippen molar-refractivity contribution in [3.8, 4) is 17.2 Å². The summed E-state index contributed by atoms with van der Waals surface area (Å²) in [7, 11) is 4.82. The van der Waals surface area contributed by atoms with Crippen LogP contribution in [0.4, 0.5) is 5.69 Å². The minimum Gasteiger partial charge on any atom is -0.493 e. The summed E-state index contributed by atoms with van der Waals surface area (Å²) in [4.78, 5) is 4.79. The third kappa shape index (κ3) is 2.52. The second kappa shape index (κ2) is 6.10. The summed E-state index contributed by atoms with van der Waals surface area (Å²) >= 11 is 0. The molecule has 0 unspecified atom stereocenters. The van der Waals surface area contributed by atoms with Crippen LogP contribution < -0.4 is 14.2 Å². The van der Waals surface area contributed by atoms with Crippen molar-refractivity contribution in [1.29, 1.82) is 0 Å². The molecule has 0 bridgehead atoms. The number of aryl methyl sites for hydroxylation is 1. The first-order valence-electron chi connectivity index (χ1n) is 7.22. The van der Waals surface area contributed by atoms with E-state index >= 15 is 0 Å². The number of ether oxygens (including phenoxy) is 3. The lowest BCUT2D eigenvalue weighted by Crippen LogP contribution is -1.96. The van der Waals surface area contributed by atoms with Gasteiger partial charge in [-0.15, -0.1) is 0 Å². The van der Waals surface area contributed by atoms with E-state index in [4.69, 9.17) is 19.2 Å². The van der Waals surface area contributed by atoms with Crippen LogP contribution in [0.15, 0.2) is 41.4 Å². The fraction of sp³-hybridized carbons (Fsp3) is 0.278. The first kappa shape index (κ1) is 14.4. The van der Waals surface area contributed by atoms with Gasteiger partial charge in [-0.05, 0) is 24.0 Å². The fourth-order valence-electron chi connectivity index (χ4n) is 2.81. The van der Waals surface area contributed by atoms with E-state index in [9.17, 15) is 0 Å². The van der Waals surface area contributed by atoms with Gasteiger partial charge < -0.3 is 14.2 Å². The average molecular weight is 297 g/mol. The lowest BCUT2D eigenvalue weighted by molar-refractivity contribution is 0.324. The zero-order valence-electron chi connectivity index (χ0n) is 13.1. The highest BCUT2D eigenvalue weighted by Gasteiger charge is 2.18. The molecule has 0 spiro atoms. The summed E-state index contributed by atoms with van der Waals surface area (Å²) in [5.41, 5.74) is 4.50. The van der Waals surface area contributed by atoms with Crippen molar-refractivity contribution in [2.75, 3.05) is 21.3 Å². The number of hydrogen-bond acceptors (Lipinski definition) is 4. The number of benzene rings is 2. The molecule has 0 aliphatic heterocycles. The van der Waals surface area contributed by atoms with Crippen LogP contribution in [0.1, 0.15) is 17.5 Å². The van der Waals surface area contributed by atoms with E-state index in [1.807, 2.05) is 12.1 Å². The van der Waals surface area contributed by atoms with Gasteiger partial charge in [0, 0.05) is 17.8 Å². The number of rotatable bonds is 4. The van der Waals surface area contributed by atoms with E-state index in [0.717, 1.165) is 24.2 Å². The van der Waals surface area contributed by atoms with Gasteiger partial charge in [0.2, 0.25) is 5.75 Å². The van der Waals surface area contributed by atoms with E-state index in [0.29, 0.717) is 17.2 Å². The summed E-state index contributed by atoms with van der Waals surface area (Å²) in [6.07, 6.45) is 2.00. The molecule has 0 amide bonds. The van der Waals surface area contributed by atoms with Crippen molar-refractivity contribution in [2.24, 2.45) is 4.99 Å². The Bertz CT molecular complexity index is 697. The predicted octanol–water partition coefficient (Wildman–Crippen LogP) is 3.78. The predicted molar refractivity (Wildman–Crippen MR) is 87.1 cm³/mol. The summed E-state index contributed by atoms with van der Waals surface area (Å²) in [6, 6.07) is 12.1. The van der Waals surface area contributed by atoms with E-state index in [2.05, 4.69) is 24.3 Å². The second-order valence-corrected chi connectivity index (χ2v) is 5.10. The molecular formula is C18H19NO3. The SMILES string of the molecule is COc1cc(N=C2CCc3ccccc32)cc(OC)c1OC. The standard InChI is InChI=1S/C18H19NO3/c1-20-16-10-13(11-17(21-2)18(16)22-3)19-15-9-8-12-6-4-5-7-14(12)15/h4-7,10-11H,8-9H2,1-3H3. The van der Waals surface area contributed by atoms with Crippen LogP contribution >= 0.6 is 0 Å². The Morgan fingerprint density at radius 2 is 1.55 bits per heavy atom. The Morgan fingerprint density at radius 1 is 0.864 bits per heavy atom. The van der Waals surface area contributed by atoms with Gasteiger partial charge in [0.25, 0.3) is 0 Å². The molecule has 0 radical (unpaired) electrons. The molecule has 0 fully saturated rings. The Kier molecular flexibility index (Phi) is 4.00. The summed E-state index contributed by atoms with van der Waals surface area (Å²) < 4.78 is 16.1. The Hall–Kier alpha value is -2.49. The third-order valence-corrected chi connectivity index (χ3v) is 3.87. The third-order valence-electron chi connectivity index (χ3n) is 3.87. The smallest absolute Gasteiger partial charge is 0.203 e. The molecule has 4 nitrogen and oxygen atoms in total. The van der Waals surface area contributed by atoms with Crippen molar-refractivity contribution in [3.05, 3.63) is 47.5 Å². The van der Waals surface area contributed by atoms with Crippen molar-refractivity contribution in [1.82, 2.24) is 0 Å². The minimum atomic E-state index is 0.584. The molecule has 2 aromatic carbocycles. The first-order chi connectivity index (χ1) is 10.8. The molecule has 4 heteroatoms. The number of methoxy groups -OCH3 is 3. The number of aliphatic imine (C=N–C) groups is 1. The highest BCUT2D eigenvalue weighted by atomic mass is 16.5. The van der Waals surface area contributed by atoms with Gasteiger partial charge in [-0.2, -0.15) is 0 Å². The molecule has 2 aromatic rings. The highest BCUT2D eigenvalue weighted by Crippen LogP contribution is 2.41. The van der Waals surface area contributed by atoms with Gasteiger partial charge in [0.1, 0.15) is 0 Å². The van der Waals surface area contributed by atoms with Crippen LogP contribution in [0.3, 0.4) is 0 Å². The normalized spacial score (nSPS) is 14.8. The Morgan fingerprint density at radius 3 is 2.18 bits per heavy atom. The van der Waals surface area contributed by atoms with Crippen molar-refractivity contribution in [3.63, 3.8) is 0 Å². The monoisotopic (exact) mass is 297 g/mol. The minimum absolute atomic E-state index is 0.584. The van der Waals surface area contributed by atoms with E-state index in [1.165, 1.54) is 11.1 Å². The van der Waals surface area contributed by atoms with Crippen molar-refractivity contribution < 1.29 is 14.2 Å². The topological polar surface area (TPSA) is 40.0 Å². The van der Waals surface area contributed by atoms with Crippen molar-refractivity contribution >= 4 is 11.4 Å². The van der Waals surface area contributed by atoms with Crippen LogP contribution in [0.2, 0.25) is 0 Å². The summed E-state index contributed by atoms with van der Waals surface area (Å²) in [6.45, 7) is 0. The van der Waals surface area contributed by atoms with E-state index < -0.39 is 0 Å². The maximum Gasteiger partial charge on any atom is 0.203 e. The first-order valence-corrected chi connectivity index (χ1v) is 7.22. The molecule has 22 heavy (non-hydrogen) atoms. The number of fused-ring (bicyclic) bond motifs is 1. The molecule has 0 N–H and O–H groups in total. The van der Waals surface area contributed by atoms with Crippen LogP contribution in [0.25, 0.3) is 0 Å². The summed E-state index contributed by atoms with van der Waals surface area (Å²) in [5, 5.41) is 0. The van der Waals surface area contributed by atoms with Crippen LogP contribution in [0.5, 0.6) is 17.2 Å². The van der Waals surface area contributed by atoms with Crippen LogP contribution in [-0.2, 0) is 6.42 Å². The molecule has 0 aromatic heterocycles. The lowest BCUT2D eigenvalue weighted by Gasteiger charge is -2.13. The zero-order chi connectivity index (χ0) is 15.5. The fourth-order valence-corrected chi connectivity index (χ4v) is 2.81. The van der Waals surface area contributed by atoms with Crippen LogP contribution in [0, 0.1) is 0 Å².